The number of nitrogens with zero attached hydrogens (tertiary/aromatic N) is 1. The predicted octanol–water partition coefficient (Wildman–Crippen LogP) is 3.45. The summed E-state index contributed by atoms with van der Waals surface area (Å²) in [5.41, 5.74) is 1.13. The normalized spacial score (nSPS) is 20.3. The van der Waals surface area contributed by atoms with Crippen LogP contribution in [0.4, 0.5) is 4.39 Å². The van der Waals surface area contributed by atoms with E-state index in [1.165, 1.54) is 18.9 Å². The number of rotatable bonds is 4. The minimum absolute atomic E-state index is 0.206. The molecule has 0 radical (unpaired) electrons. The van der Waals surface area contributed by atoms with Gasteiger partial charge in [-0.25, -0.2) is 4.39 Å². The summed E-state index contributed by atoms with van der Waals surface area (Å²) >= 11 is 3.22. The van der Waals surface area contributed by atoms with Crippen LogP contribution >= 0.6 is 15.9 Å². The predicted molar refractivity (Wildman–Crippen MR) is 74.0 cm³/mol. The van der Waals surface area contributed by atoms with Gasteiger partial charge in [0, 0.05) is 19.7 Å². The minimum Gasteiger partial charge on any atom is -0.381 e. The molecule has 1 fully saturated rings. The fraction of sp³-hybridized carbons (Fsp3) is 0.571. The fourth-order valence-electron chi connectivity index (χ4n) is 2.41. The summed E-state index contributed by atoms with van der Waals surface area (Å²) in [5.74, 6) is 0.426. The van der Waals surface area contributed by atoms with Crippen LogP contribution in [0.5, 0.6) is 0 Å². The number of hydrogen-bond donors (Lipinski definition) is 0. The highest BCUT2D eigenvalue weighted by Gasteiger charge is 2.16. The lowest BCUT2D eigenvalue weighted by molar-refractivity contribution is 0.0411. The van der Waals surface area contributed by atoms with Gasteiger partial charge in [0.2, 0.25) is 0 Å². The highest BCUT2D eigenvalue weighted by molar-refractivity contribution is 9.10. The van der Waals surface area contributed by atoms with Gasteiger partial charge in [-0.2, -0.15) is 0 Å². The van der Waals surface area contributed by atoms with Crippen LogP contribution in [0.25, 0.3) is 0 Å². The monoisotopic (exact) mass is 315 g/mol. The molecule has 100 valence electrons. The van der Waals surface area contributed by atoms with Crippen LogP contribution < -0.4 is 0 Å². The molecule has 1 aliphatic rings. The molecule has 4 heteroatoms. The maximum Gasteiger partial charge on any atom is 0.137 e. The van der Waals surface area contributed by atoms with E-state index in [0.29, 0.717) is 10.4 Å². The molecule has 2 rings (SSSR count). The van der Waals surface area contributed by atoms with Crippen molar-refractivity contribution in [3.05, 3.63) is 34.1 Å². The molecule has 1 aliphatic heterocycles. The summed E-state index contributed by atoms with van der Waals surface area (Å²) in [7, 11) is 2.10. The molecule has 1 aromatic rings. The molecule has 0 spiro atoms. The van der Waals surface area contributed by atoms with E-state index >= 15 is 0 Å². The van der Waals surface area contributed by atoms with Gasteiger partial charge in [0.25, 0.3) is 0 Å². The first-order valence-corrected chi connectivity index (χ1v) is 7.14. The van der Waals surface area contributed by atoms with Crippen LogP contribution in [0.2, 0.25) is 0 Å². The Kier molecular flexibility index (Phi) is 5.15. The molecule has 0 amide bonds. The maximum atomic E-state index is 13.1. The topological polar surface area (TPSA) is 12.5 Å². The van der Waals surface area contributed by atoms with Crippen molar-refractivity contribution in [3.63, 3.8) is 0 Å². The average Bonchev–Trinajstić information content (AvgIpc) is 2.35. The first kappa shape index (κ1) is 14.0. The second-order valence-electron chi connectivity index (χ2n) is 5.03. The third-order valence-electron chi connectivity index (χ3n) is 3.26. The van der Waals surface area contributed by atoms with E-state index < -0.39 is 0 Å². The molecular formula is C14H19BrFNO. The molecule has 0 bridgehead atoms. The number of ether oxygens (including phenoxy) is 1. The first-order valence-electron chi connectivity index (χ1n) is 6.35. The number of hydrogen-bond acceptors (Lipinski definition) is 2. The molecule has 0 saturated carbocycles. The lowest BCUT2D eigenvalue weighted by Gasteiger charge is -2.27. The summed E-state index contributed by atoms with van der Waals surface area (Å²) in [4.78, 5) is 2.28. The van der Waals surface area contributed by atoms with E-state index in [4.69, 9.17) is 4.74 Å². The van der Waals surface area contributed by atoms with Crippen molar-refractivity contribution in [1.29, 1.82) is 0 Å². The lowest BCUT2D eigenvalue weighted by atomic mass is 10.0. The summed E-state index contributed by atoms with van der Waals surface area (Å²) < 4.78 is 19.2. The van der Waals surface area contributed by atoms with Crippen LogP contribution in [0.1, 0.15) is 18.4 Å². The average molecular weight is 316 g/mol. The van der Waals surface area contributed by atoms with Crippen molar-refractivity contribution in [1.82, 2.24) is 4.90 Å². The third-order valence-corrected chi connectivity index (χ3v) is 3.87. The van der Waals surface area contributed by atoms with E-state index in [1.54, 1.807) is 0 Å². The summed E-state index contributed by atoms with van der Waals surface area (Å²) in [6, 6.07) is 5.20. The zero-order valence-electron chi connectivity index (χ0n) is 10.7. The van der Waals surface area contributed by atoms with Crippen molar-refractivity contribution < 1.29 is 9.13 Å². The molecule has 0 aromatic heterocycles. The highest BCUT2D eigenvalue weighted by Crippen LogP contribution is 2.19. The van der Waals surface area contributed by atoms with Gasteiger partial charge in [0.1, 0.15) is 5.82 Å². The molecule has 1 saturated heterocycles. The molecule has 18 heavy (non-hydrogen) atoms. The molecular weight excluding hydrogens is 297 g/mol. The fourth-order valence-corrected chi connectivity index (χ4v) is 2.83. The first-order chi connectivity index (χ1) is 8.65. The van der Waals surface area contributed by atoms with Gasteiger partial charge in [-0.15, -0.1) is 0 Å². The molecule has 0 aliphatic carbocycles. The molecule has 0 N–H and O–H groups in total. The van der Waals surface area contributed by atoms with Crippen LogP contribution in [-0.2, 0) is 11.3 Å². The van der Waals surface area contributed by atoms with Crippen molar-refractivity contribution in [2.24, 2.45) is 5.92 Å². The minimum atomic E-state index is -0.206. The van der Waals surface area contributed by atoms with E-state index in [2.05, 4.69) is 27.9 Å². The van der Waals surface area contributed by atoms with Gasteiger partial charge in [0.15, 0.2) is 0 Å². The Morgan fingerprint density at radius 1 is 1.50 bits per heavy atom. The van der Waals surface area contributed by atoms with Gasteiger partial charge in [-0.05, 0) is 59.4 Å². The largest absolute Gasteiger partial charge is 0.381 e. The highest BCUT2D eigenvalue weighted by atomic mass is 79.9. The summed E-state index contributed by atoms with van der Waals surface area (Å²) in [5, 5.41) is 0. The quantitative estimate of drug-likeness (QED) is 0.844. The molecule has 2 nitrogen and oxygen atoms in total. The standard InChI is InChI=1S/C14H19BrFNO/c1-17(9-12-3-2-6-18-10-12)8-11-4-5-14(16)13(15)7-11/h4-5,7,12H,2-3,6,8-10H2,1H3. The Bertz CT molecular complexity index is 393. The summed E-state index contributed by atoms with van der Waals surface area (Å²) in [6.45, 7) is 3.66. The van der Waals surface area contributed by atoms with Crippen molar-refractivity contribution in [2.75, 3.05) is 26.8 Å². The van der Waals surface area contributed by atoms with Gasteiger partial charge in [-0.1, -0.05) is 6.07 Å². The van der Waals surface area contributed by atoms with E-state index in [-0.39, 0.29) is 5.82 Å². The van der Waals surface area contributed by atoms with Crippen LogP contribution in [0.3, 0.4) is 0 Å². The van der Waals surface area contributed by atoms with Gasteiger partial charge < -0.3 is 9.64 Å². The van der Waals surface area contributed by atoms with E-state index in [1.807, 2.05) is 12.1 Å². The Morgan fingerprint density at radius 2 is 2.33 bits per heavy atom. The van der Waals surface area contributed by atoms with Crippen LogP contribution in [0.15, 0.2) is 22.7 Å². The van der Waals surface area contributed by atoms with Gasteiger partial charge in [0.05, 0.1) is 11.1 Å². The third kappa shape index (κ3) is 4.04. The smallest absolute Gasteiger partial charge is 0.137 e. The molecule has 1 atom stereocenters. The van der Waals surface area contributed by atoms with Crippen molar-refractivity contribution in [2.45, 2.75) is 19.4 Å². The number of benzene rings is 1. The van der Waals surface area contributed by atoms with Gasteiger partial charge >= 0.3 is 0 Å². The summed E-state index contributed by atoms with van der Waals surface area (Å²) in [6.07, 6.45) is 2.41. The molecule has 1 aromatic carbocycles. The zero-order chi connectivity index (χ0) is 13.0. The van der Waals surface area contributed by atoms with E-state index in [0.717, 1.165) is 31.9 Å². The van der Waals surface area contributed by atoms with Crippen LogP contribution in [0, 0.1) is 11.7 Å². The second kappa shape index (κ2) is 6.64. The number of halogens is 2. The molecule has 1 unspecified atom stereocenters. The Hall–Kier alpha value is -0.450. The zero-order valence-corrected chi connectivity index (χ0v) is 12.2. The molecule has 1 heterocycles. The van der Waals surface area contributed by atoms with Crippen molar-refractivity contribution in [3.8, 4) is 0 Å². The SMILES string of the molecule is CN(Cc1ccc(F)c(Br)c1)CC1CCCOC1. The maximum absolute atomic E-state index is 13.1. The Balaban J connectivity index is 1.85. The second-order valence-corrected chi connectivity index (χ2v) is 5.88. The van der Waals surface area contributed by atoms with Crippen molar-refractivity contribution >= 4 is 15.9 Å². The van der Waals surface area contributed by atoms with E-state index in [9.17, 15) is 4.39 Å². The van der Waals surface area contributed by atoms with Gasteiger partial charge in [-0.3, -0.25) is 0 Å². The Morgan fingerprint density at radius 3 is 3.00 bits per heavy atom. The van der Waals surface area contributed by atoms with Crippen LogP contribution in [-0.4, -0.2) is 31.7 Å². The lowest BCUT2D eigenvalue weighted by Crippen LogP contribution is -2.30. The Labute approximate surface area is 116 Å².